The van der Waals surface area contributed by atoms with Crippen molar-refractivity contribution in [1.82, 2.24) is 5.32 Å². The van der Waals surface area contributed by atoms with Gasteiger partial charge < -0.3 is 21.5 Å². The van der Waals surface area contributed by atoms with E-state index in [4.69, 9.17) is 16.2 Å². The fraction of sp³-hybridized carbons (Fsp3) is 0.417. The Bertz CT molecular complexity index is 394. The highest BCUT2D eigenvalue weighted by atomic mass is 16.5. The molecule has 1 atom stereocenters. The van der Waals surface area contributed by atoms with Crippen LogP contribution in [0.15, 0.2) is 18.2 Å². The van der Waals surface area contributed by atoms with Gasteiger partial charge in [0.15, 0.2) is 0 Å². The number of carbonyl (C=O) groups excluding carboxylic acids is 1. The molecule has 1 saturated heterocycles. The van der Waals surface area contributed by atoms with Crippen LogP contribution in [-0.2, 0) is 4.74 Å². The lowest BCUT2D eigenvalue weighted by molar-refractivity contribution is 0.0624. The third kappa shape index (κ3) is 3.10. The molecule has 1 heterocycles. The standard InChI is InChI=1S/C12H17N3O2/c13-9-4-8(5-10(14)6-9)12(16)15-11-2-1-3-17-7-11/h4-6,11H,1-3,7,13-14H2,(H,15,16). The van der Waals surface area contributed by atoms with E-state index in [9.17, 15) is 4.79 Å². The van der Waals surface area contributed by atoms with Gasteiger partial charge in [0, 0.05) is 23.5 Å². The summed E-state index contributed by atoms with van der Waals surface area (Å²) >= 11 is 0. The van der Waals surface area contributed by atoms with Gasteiger partial charge in [0.2, 0.25) is 0 Å². The average Bonchev–Trinajstić information content (AvgIpc) is 2.29. The number of nitrogens with two attached hydrogens (primary N) is 2. The number of nitrogen functional groups attached to an aromatic ring is 2. The molecule has 1 unspecified atom stereocenters. The Morgan fingerprint density at radius 2 is 2.00 bits per heavy atom. The zero-order valence-electron chi connectivity index (χ0n) is 9.61. The number of nitrogens with one attached hydrogen (secondary N) is 1. The zero-order chi connectivity index (χ0) is 12.3. The van der Waals surface area contributed by atoms with Crippen LogP contribution in [0.2, 0.25) is 0 Å². The van der Waals surface area contributed by atoms with Gasteiger partial charge in [-0.25, -0.2) is 0 Å². The second-order valence-electron chi connectivity index (χ2n) is 4.28. The third-order valence-electron chi connectivity index (χ3n) is 2.74. The number of carbonyl (C=O) groups is 1. The molecule has 92 valence electrons. The molecular formula is C12H17N3O2. The summed E-state index contributed by atoms with van der Waals surface area (Å²) in [7, 11) is 0. The smallest absolute Gasteiger partial charge is 0.251 e. The molecule has 1 aliphatic rings. The molecule has 1 fully saturated rings. The van der Waals surface area contributed by atoms with Gasteiger partial charge in [-0.1, -0.05) is 0 Å². The number of anilines is 2. The second kappa shape index (κ2) is 5.05. The van der Waals surface area contributed by atoms with Crippen LogP contribution >= 0.6 is 0 Å². The van der Waals surface area contributed by atoms with E-state index in [1.165, 1.54) is 0 Å². The minimum atomic E-state index is -0.153. The largest absolute Gasteiger partial charge is 0.399 e. The van der Waals surface area contributed by atoms with E-state index >= 15 is 0 Å². The van der Waals surface area contributed by atoms with Crippen molar-refractivity contribution >= 4 is 17.3 Å². The first-order valence-electron chi connectivity index (χ1n) is 5.70. The van der Waals surface area contributed by atoms with E-state index in [2.05, 4.69) is 5.32 Å². The van der Waals surface area contributed by atoms with Crippen molar-refractivity contribution in [3.63, 3.8) is 0 Å². The van der Waals surface area contributed by atoms with Crippen LogP contribution in [0.4, 0.5) is 11.4 Å². The summed E-state index contributed by atoms with van der Waals surface area (Å²) in [6.45, 7) is 1.35. The van der Waals surface area contributed by atoms with Gasteiger partial charge in [-0.2, -0.15) is 0 Å². The fourth-order valence-electron chi connectivity index (χ4n) is 1.93. The van der Waals surface area contributed by atoms with Gasteiger partial charge in [0.05, 0.1) is 12.6 Å². The minimum Gasteiger partial charge on any atom is -0.399 e. The molecule has 5 N–H and O–H groups in total. The van der Waals surface area contributed by atoms with Gasteiger partial charge >= 0.3 is 0 Å². The number of ether oxygens (including phenoxy) is 1. The number of hydrogen-bond donors (Lipinski definition) is 3. The van der Waals surface area contributed by atoms with E-state index in [1.54, 1.807) is 18.2 Å². The number of rotatable bonds is 2. The normalized spacial score (nSPS) is 19.9. The third-order valence-corrected chi connectivity index (χ3v) is 2.74. The molecule has 5 nitrogen and oxygen atoms in total. The maximum absolute atomic E-state index is 11.9. The Morgan fingerprint density at radius 1 is 1.29 bits per heavy atom. The predicted molar refractivity (Wildman–Crippen MR) is 66.6 cm³/mol. The molecule has 1 aliphatic heterocycles. The van der Waals surface area contributed by atoms with Gasteiger partial charge in [-0.3, -0.25) is 4.79 Å². The molecule has 1 aromatic rings. The summed E-state index contributed by atoms with van der Waals surface area (Å²) in [6, 6.07) is 4.95. The lowest BCUT2D eigenvalue weighted by Gasteiger charge is -2.23. The van der Waals surface area contributed by atoms with E-state index in [-0.39, 0.29) is 11.9 Å². The van der Waals surface area contributed by atoms with Crippen LogP contribution in [0, 0.1) is 0 Å². The number of benzene rings is 1. The van der Waals surface area contributed by atoms with E-state index in [0.717, 1.165) is 19.4 Å². The monoisotopic (exact) mass is 235 g/mol. The van der Waals surface area contributed by atoms with Gasteiger partial charge in [-0.15, -0.1) is 0 Å². The number of hydrogen-bond acceptors (Lipinski definition) is 4. The van der Waals surface area contributed by atoms with E-state index in [0.29, 0.717) is 23.5 Å². The molecule has 0 aliphatic carbocycles. The molecule has 0 saturated carbocycles. The molecule has 0 bridgehead atoms. The first-order chi connectivity index (χ1) is 8.15. The molecule has 1 aromatic carbocycles. The lowest BCUT2D eigenvalue weighted by Crippen LogP contribution is -2.40. The summed E-state index contributed by atoms with van der Waals surface area (Å²) in [5, 5.41) is 2.91. The van der Waals surface area contributed by atoms with Crippen molar-refractivity contribution < 1.29 is 9.53 Å². The highest BCUT2D eigenvalue weighted by Crippen LogP contribution is 2.14. The van der Waals surface area contributed by atoms with Crippen LogP contribution < -0.4 is 16.8 Å². The highest BCUT2D eigenvalue weighted by Gasteiger charge is 2.17. The Kier molecular flexibility index (Phi) is 3.49. The quantitative estimate of drug-likeness (QED) is 0.660. The highest BCUT2D eigenvalue weighted by molar-refractivity contribution is 5.96. The van der Waals surface area contributed by atoms with Crippen LogP contribution in [-0.4, -0.2) is 25.2 Å². The molecule has 2 rings (SSSR count). The van der Waals surface area contributed by atoms with E-state index < -0.39 is 0 Å². The Morgan fingerprint density at radius 3 is 2.59 bits per heavy atom. The molecule has 0 spiro atoms. The lowest BCUT2D eigenvalue weighted by atomic mass is 10.1. The fourth-order valence-corrected chi connectivity index (χ4v) is 1.93. The Balaban J connectivity index is 2.03. The molecule has 1 amide bonds. The zero-order valence-corrected chi connectivity index (χ0v) is 9.61. The molecule has 5 heteroatoms. The maximum Gasteiger partial charge on any atom is 0.251 e. The summed E-state index contributed by atoms with van der Waals surface area (Å²) in [5.74, 6) is -0.153. The Labute approximate surface area is 100 Å². The van der Waals surface area contributed by atoms with Crippen molar-refractivity contribution in [2.75, 3.05) is 24.7 Å². The summed E-state index contributed by atoms with van der Waals surface area (Å²) in [4.78, 5) is 11.9. The maximum atomic E-state index is 11.9. The van der Waals surface area contributed by atoms with Gasteiger partial charge in [0.1, 0.15) is 0 Å². The summed E-state index contributed by atoms with van der Waals surface area (Å²) in [5.41, 5.74) is 12.8. The van der Waals surface area contributed by atoms with Crippen molar-refractivity contribution in [2.45, 2.75) is 18.9 Å². The first-order valence-corrected chi connectivity index (χ1v) is 5.70. The molecule has 0 radical (unpaired) electrons. The SMILES string of the molecule is Nc1cc(N)cc(C(=O)NC2CCCOC2)c1. The van der Waals surface area contributed by atoms with Gasteiger partial charge in [0.25, 0.3) is 5.91 Å². The van der Waals surface area contributed by atoms with Crippen LogP contribution in [0.5, 0.6) is 0 Å². The van der Waals surface area contributed by atoms with Crippen LogP contribution in [0.3, 0.4) is 0 Å². The van der Waals surface area contributed by atoms with Crippen molar-refractivity contribution in [1.29, 1.82) is 0 Å². The van der Waals surface area contributed by atoms with Gasteiger partial charge in [-0.05, 0) is 31.0 Å². The summed E-state index contributed by atoms with van der Waals surface area (Å²) < 4.78 is 5.30. The number of amides is 1. The van der Waals surface area contributed by atoms with E-state index in [1.807, 2.05) is 0 Å². The first kappa shape index (κ1) is 11.7. The Hall–Kier alpha value is -1.75. The van der Waals surface area contributed by atoms with Crippen molar-refractivity contribution in [2.24, 2.45) is 0 Å². The average molecular weight is 235 g/mol. The van der Waals surface area contributed by atoms with Crippen molar-refractivity contribution in [3.8, 4) is 0 Å². The minimum absolute atomic E-state index is 0.0823. The second-order valence-corrected chi connectivity index (χ2v) is 4.28. The topological polar surface area (TPSA) is 90.4 Å². The summed E-state index contributed by atoms with van der Waals surface area (Å²) in [6.07, 6.45) is 1.92. The van der Waals surface area contributed by atoms with Crippen LogP contribution in [0.25, 0.3) is 0 Å². The predicted octanol–water partition coefficient (Wildman–Crippen LogP) is 0.760. The van der Waals surface area contributed by atoms with Crippen LogP contribution in [0.1, 0.15) is 23.2 Å². The van der Waals surface area contributed by atoms with Crippen molar-refractivity contribution in [3.05, 3.63) is 23.8 Å². The molecular weight excluding hydrogens is 218 g/mol. The molecule has 17 heavy (non-hydrogen) atoms. The molecule has 0 aromatic heterocycles.